The van der Waals surface area contributed by atoms with Crippen LogP contribution in [0.4, 0.5) is 5.69 Å². The molecule has 0 saturated heterocycles. The van der Waals surface area contributed by atoms with Gasteiger partial charge in [0, 0.05) is 11.7 Å². The van der Waals surface area contributed by atoms with Crippen molar-refractivity contribution < 1.29 is 9.47 Å². The summed E-state index contributed by atoms with van der Waals surface area (Å²) in [5.74, 6) is 1.84. The number of hydrogen-bond donors (Lipinski definition) is 1. The fourth-order valence-electron chi connectivity index (χ4n) is 2.90. The molecule has 2 aromatic rings. The number of benzene rings is 2. The van der Waals surface area contributed by atoms with Crippen LogP contribution in [0.5, 0.6) is 11.5 Å². The molecule has 0 amide bonds. The fourth-order valence-corrected chi connectivity index (χ4v) is 2.90. The van der Waals surface area contributed by atoms with Gasteiger partial charge in [-0.15, -0.1) is 12.4 Å². The van der Waals surface area contributed by atoms with Crippen molar-refractivity contribution in [3.05, 3.63) is 53.6 Å². The zero-order valence-electron chi connectivity index (χ0n) is 13.0. The lowest BCUT2D eigenvalue weighted by molar-refractivity contribution is 0.413. The van der Waals surface area contributed by atoms with Crippen LogP contribution in [0.15, 0.2) is 42.5 Å². The lowest BCUT2D eigenvalue weighted by Crippen LogP contribution is -2.27. The minimum atomic E-state index is 0. The van der Waals surface area contributed by atoms with E-state index in [4.69, 9.17) is 9.47 Å². The second-order valence-electron chi connectivity index (χ2n) is 5.45. The monoisotopic (exact) mass is 319 g/mol. The van der Waals surface area contributed by atoms with E-state index < -0.39 is 0 Å². The van der Waals surface area contributed by atoms with Gasteiger partial charge in [-0.3, -0.25) is 0 Å². The Bertz CT molecular complexity index is 613. The SMILES string of the molecule is COc1ccc(NC2CCc3cc(OC)ccc3C2)cc1.Cl. The zero-order chi connectivity index (χ0) is 14.7. The Kier molecular flexibility index (Phi) is 5.56. The van der Waals surface area contributed by atoms with Crippen LogP contribution >= 0.6 is 12.4 Å². The summed E-state index contributed by atoms with van der Waals surface area (Å²) < 4.78 is 10.5. The number of hydrogen-bond acceptors (Lipinski definition) is 3. The molecule has 1 aliphatic rings. The van der Waals surface area contributed by atoms with Crippen molar-refractivity contribution in [2.24, 2.45) is 0 Å². The number of anilines is 1. The third-order valence-electron chi connectivity index (χ3n) is 4.10. The zero-order valence-corrected chi connectivity index (χ0v) is 13.8. The molecule has 1 atom stereocenters. The van der Waals surface area contributed by atoms with Gasteiger partial charge in [-0.1, -0.05) is 6.07 Å². The van der Waals surface area contributed by atoms with Gasteiger partial charge in [-0.05, 0) is 66.8 Å². The first-order chi connectivity index (χ1) is 10.3. The topological polar surface area (TPSA) is 30.5 Å². The smallest absolute Gasteiger partial charge is 0.119 e. The average Bonchev–Trinajstić information content (AvgIpc) is 2.55. The van der Waals surface area contributed by atoms with E-state index in [1.807, 2.05) is 12.1 Å². The lowest BCUT2D eigenvalue weighted by Gasteiger charge is -2.26. The summed E-state index contributed by atoms with van der Waals surface area (Å²) in [6, 6.07) is 15.0. The molecule has 3 nitrogen and oxygen atoms in total. The van der Waals surface area contributed by atoms with Crippen LogP contribution in [0.3, 0.4) is 0 Å². The number of nitrogens with one attached hydrogen (secondary N) is 1. The van der Waals surface area contributed by atoms with Gasteiger partial charge in [0.25, 0.3) is 0 Å². The Morgan fingerprint density at radius 1 is 0.909 bits per heavy atom. The number of fused-ring (bicyclic) bond motifs is 1. The normalized spacial score (nSPS) is 16.2. The molecule has 0 aromatic heterocycles. The maximum atomic E-state index is 5.30. The van der Waals surface area contributed by atoms with E-state index >= 15 is 0 Å². The van der Waals surface area contributed by atoms with E-state index in [1.54, 1.807) is 14.2 Å². The summed E-state index contributed by atoms with van der Waals surface area (Å²) in [5.41, 5.74) is 3.99. The van der Waals surface area contributed by atoms with Gasteiger partial charge in [-0.2, -0.15) is 0 Å². The van der Waals surface area contributed by atoms with Gasteiger partial charge in [0.1, 0.15) is 11.5 Å². The van der Waals surface area contributed by atoms with Crippen molar-refractivity contribution in [1.82, 2.24) is 0 Å². The molecular formula is C18H22ClNO2. The quantitative estimate of drug-likeness (QED) is 0.920. The van der Waals surface area contributed by atoms with Crippen molar-refractivity contribution in [3.63, 3.8) is 0 Å². The van der Waals surface area contributed by atoms with E-state index in [9.17, 15) is 0 Å². The predicted octanol–water partition coefficient (Wildman–Crippen LogP) is 4.10. The van der Waals surface area contributed by atoms with Gasteiger partial charge >= 0.3 is 0 Å². The first-order valence-electron chi connectivity index (χ1n) is 7.35. The van der Waals surface area contributed by atoms with E-state index in [-0.39, 0.29) is 12.4 Å². The second-order valence-corrected chi connectivity index (χ2v) is 5.45. The van der Waals surface area contributed by atoms with Crippen LogP contribution in [0.2, 0.25) is 0 Å². The van der Waals surface area contributed by atoms with Crippen LogP contribution in [0, 0.1) is 0 Å². The molecule has 0 aliphatic heterocycles. The first-order valence-corrected chi connectivity index (χ1v) is 7.35. The highest BCUT2D eigenvalue weighted by Gasteiger charge is 2.18. The molecule has 1 N–H and O–H groups in total. The predicted molar refractivity (Wildman–Crippen MR) is 92.7 cm³/mol. The molecule has 22 heavy (non-hydrogen) atoms. The number of ether oxygens (including phenoxy) is 2. The summed E-state index contributed by atoms with van der Waals surface area (Å²) >= 11 is 0. The van der Waals surface area contributed by atoms with Crippen molar-refractivity contribution in [2.75, 3.05) is 19.5 Å². The van der Waals surface area contributed by atoms with Gasteiger partial charge in [0.2, 0.25) is 0 Å². The average molecular weight is 320 g/mol. The van der Waals surface area contributed by atoms with E-state index in [2.05, 4.69) is 35.6 Å². The summed E-state index contributed by atoms with van der Waals surface area (Å²) in [6.45, 7) is 0. The van der Waals surface area contributed by atoms with Crippen molar-refractivity contribution in [2.45, 2.75) is 25.3 Å². The Balaban J connectivity index is 0.00000176. The summed E-state index contributed by atoms with van der Waals surface area (Å²) in [7, 11) is 3.41. The third-order valence-corrected chi connectivity index (χ3v) is 4.10. The molecule has 1 aliphatic carbocycles. The largest absolute Gasteiger partial charge is 0.497 e. The van der Waals surface area contributed by atoms with Crippen LogP contribution in [0.25, 0.3) is 0 Å². The number of aryl methyl sites for hydroxylation is 1. The Morgan fingerprint density at radius 2 is 1.59 bits per heavy atom. The molecular weight excluding hydrogens is 298 g/mol. The fraction of sp³-hybridized carbons (Fsp3) is 0.333. The van der Waals surface area contributed by atoms with E-state index in [0.29, 0.717) is 6.04 Å². The maximum Gasteiger partial charge on any atom is 0.119 e. The molecule has 2 aromatic carbocycles. The van der Waals surface area contributed by atoms with Crippen molar-refractivity contribution in [3.8, 4) is 11.5 Å². The second kappa shape index (κ2) is 7.41. The molecule has 118 valence electrons. The maximum absolute atomic E-state index is 5.30. The van der Waals surface area contributed by atoms with Crippen molar-refractivity contribution in [1.29, 1.82) is 0 Å². The Hall–Kier alpha value is -1.87. The van der Waals surface area contributed by atoms with Gasteiger partial charge < -0.3 is 14.8 Å². The summed E-state index contributed by atoms with van der Waals surface area (Å²) in [6.07, 6.45) is 3.30. The highest BCUT2D eigenvalue weighted by Crippen LogP contribution is 2.27. The minimum Gasteiger partial charge on any atom is -0.497 e. The van der Waals surface area contributed by atoms with Crippen LogP contribution in [0.1, 0.15) is 17.5 Å². The minimum absolute atomic E-state index is 0. The molecule has 0 bridgehead atoms. The number of methoxy groups -OCH3 is 2. The highest BCUT2D eigenvalue weighted by molar-refractivity contribution is 5.85. The molecule has 0 heterocycles. The third kappa shape index (κ3) is 3.66. The van der Waals surface area contributed by atoms with E-state index in [1.165, 1.54) is 11.1 Å². The standard InChI is InChI=1S/C18H21NO2.ClH/c1-20-17-9-6-15(7-10-17)19-16-5-3-14-12-18(21-2)8-4-13(14)11-16;/h4,6-10,12,16,19H,3,5,11H2,1-2H3;1H. The summed E-state index contributed by atoms with van der Waals surface area (Å²) in [5, 5.41) is 3.61. The highest BCUT2D eigenvalue weighted by atomic mass is 35.5. The Labute approximate surface area is 138 Å². The molecule has 0 fully saturated rings. The van der Waals surface area contributed by atoms with Gasteiger partial charge in [-0.25, -0.2) is 0 Å². The van der Waals surface area contributed by atoms with Gasteiger partial charge in [0.05, 0.1) is 14.2 Å². The summed E-state index contributed by atoms with van der Waals surface area (Å²) in [4.78, 5) is 0. The molecule has 0 radical (unpaired) electrons. The number of halogens is 1. The van der Waals surface area contributed by atoms with E-state index in [0.717, 1.165) is 36.4 Å². The molecule has 0 saturated carbocycles. The van der Waals surface area contributed by atoms with Crippen molar-refractivity contribution >= 4 is 18.1 Å². The van der Waals surface area contributed by atoms with Crippen LogP contribution in [-0.4, -0.2) is 20.3 Å². The van der Waals surface area contributed by atoms with Gasteiger partial charge in [0.15, 0.2) is 0 Å². The molecule has 3 rings (SSSR count). The van der Waals surface area contributed by atoms with Crippen LogP contribution in [-0.2, 0) is 12.8 Å². The molecule has 1 unspecified atom stereocenters. The number of rotatable bonds is 4. The molecule has 0 spiro atoms. The van der Waals surface area contributed by atoms with Crippen LogP contribution < -0.4 is 14.8 Å². The first kappa shape index (κ1) is 16.5. The Morgan fingerprint density at radius 3 is 2.27 bits per heavy atom. The lowest BCUT2D eigenvalue weighted by atomic mass is 9.88. The molecule has 4 heteroatoms.